The van der Waals surface area contributed by atoms with E-state index in [1.165, 1.54) is 0 Å². The number of carbonyl (C=O) groups excluding carboxylic acids is 1. The largest absolute Gasteiger partial charge is 0.497 e. The van der Waals surface area contributed by atoms with Gasteiger partial charge in [0, 0.05) is 6.54 Å². The van der Waals surface area contributed by atoms with Crippen LogP contribution in [0.3, 0.4) is 0 Å². The fraction of sp³-hybridized carbons (Fsp3) is 0.471. The van der Waals surface area contributed by atoms with Gasteiger partial charge in [-0.05, 0) is 36.6 Å². The molecular weight excluding hydrogens is 308 g/mol. The van der Waals surface area contributed by atoms with Crippen molar-refractivity contribution < 1.29 is 14.3 Å². The van der Waals surface area contributed by atoms with Crippen LogP contribution in [-0.4, -0.2) is 34.4 Å². The highest BCUT2D eigenvalue weighted by Gasteiger charge is 2.26. The second-order valence-electron chi connectivity index (χ2n) is 5.84. The lowest BCUT2D eigenvalue weighted by atomic mass is 9.96. The average molecular weight is 330 g/mol. The summed E-state index contributed by atoms with van der Waals surface area (Å²) < 4.78 is 12.9. The minimum Gasteiger partial charge on any atom is -0.497 e. The van der Waals surface area contributed by atoms with Crippen molar-refractivity contribution in [1.29, 1.82) is 0 Å². The second kappa shape index (κ2) is 7.33. The van der Waals surface area contributed by atoms with E-state index < -0.39 is 0 Å². The molecule has 0 saturated heterocycles. The maximum atomic E-state index is 12.4. The Hall–Kier alpha value is -2.57. The van der Waals surface area contributed by atoms with Crippen LogP contribution in [0.25, 0.3) is 0 Å². The van der Waals surface area contributed by atoms with E-state index in [9.17, 15) is 4.79 Å². The van der Waals surface area contributed by atoms with Gasteiger partial charge < -0.3 is 19.4 Å². The van der Waals surface area contributed by atoms with Crippen LogP contribution in [0.4, 0.5) is 0 Å². The zero-order valence-electron chi connectivity index (χ0n) is 14.0. The molecule has 0 bridgehead atoms. The Morgan fingerprint density at radius 1 is 1.50 bits per heavy atom. The molecule has 0 radical (unpaired) electrons. The highest BCUT2D eigenvalue weighted by atomic mass is 16.5. The van der Waals surface area contributed by atoms with E-state index in [0.29, 0.717) is 19.6 Å². The molecule has 24 heavy (non-hydrogen) atoms. The van der Waals surface area contributed by atoms with Crippen molar-refractivity contribution in [3.8, 4) is 11.5 Å². The van der Waals surface area contributed by atoms with Crippen LogP contribution in [0.5, 0.6) is 11.5 Å². The van der Waals surface area contributed by atoms with Crippen molar-refractivity contribution in [3.05, 3.63) is 35.9 Å². The number of fused-ring (bicyclic) bond motifs is 1. The molecule has 0 saturated carbocycles. The van der Waals surface area contributed by atoms with Crippen LogP contribution >= 0.6 is 0 Å². The number of ether oxygens (including phenoxy) is 2. The first kappa shape index (κ1) is 16.3. The van der Waals surface area contributed by atoms with E-state index in [0.717, 1.165) is 35.9 Å². The van der Waals surface area contributed by atoms with Crippen LogP contribution in [-0.2, 0) is 24.3 Å². The van der Waals surface area contributed by atoms with Gasteiger partial charge in [-0.3, -0.25) is 4.79 Å². The average Bonchev–Trinajstić information content (AvgIpc) is 3.06. The van der Waals surface area contributed by atoms with Gasteiger partial charge in [0.25, 0.3) is 0 Å². The smallest absolute Gasteiger partial charge is 0.227 e. The first-order chi connectivity index (χ1) is 11.7. The quantitative estimate of drug-likeness (QED) is 0.870. The number of methoxy groups -OCH3 is 1. The lowest BCUT2D eigenvalue weighted by molar-refractivity contribution is -0.126. The molecule has 128 valence electrons. The predicted molar refractivity (Wildman–Crippen MR) is 87.8 cm³/mol. The third-order valence-electron chi connectivity index (χ3n) is 4.13. The number of benzene rings is 1. The fourth-order valence-corrected chi connectivity index (χ4v) is 2.82. The van der Waals surface area contributed by atoms with Crippen molar-refractivity contribution in [2.24, 2.45) is 5.92 Å². The number of nitrogens with zero attached hydrogens (tertiary/aromatic N) is 3. The highest BCUT2D eigenvalue weighted by Crippen LogP contribution is 2.30. The monoisotopic (exact) mass is 330 g/mol. The van der Waals surface area contributed by atoms with E-state index in [1.807, 2.05) is 22.8 Å². The van der Waals surface area contributed by atoms with Gasteiger partial charge in [0.15, 0.2) is 5.82 Å². The van der Waals surface area contributed by atoms with Crippen LogP contribution in [0, 0.1) is 5.92 Å². The summed E-state index contributed by atoms with van der Waals surface area (Å²) in [6, 6.07) is 5.67. The molecule has 2 aromatic rings. The molecule has 1 atom stereocenters. The first-order valence-electron chi connectivity index (χ1n) is 8.15. The topological polar surface area (TPSA) is 78.3 Å². The Morgan fingerprint density at radius 2 is 2.38 bits per heavy atom. The van der Waals surface area contributed by atoms with Crippen LogP contribution in [0.1, 0.15) is 24.7 Å². The van der Waals surface area contributed by atoms with Crippen LogP contribution < -0.4 is 14.8 Å². The molecule has 7 heteroatoms. The molecule has 1 aromatic heterocycles. The van der Waals surface area contributed by atoms with E-state index in [2.05, 4.69) is 22.4 Å². The van der Waals surface area contributed by atoms with Gasteiger partial charge in [0.05, 0.1) is 19.6 Å². The molecule has 1 aromatic carbocycles. The van der Waals surface area contributed by atoms with Gasteiger partial charge in [-0.2, -0.15) is 0 Å². The fourth-order valence-electron chi connectivity index (χ4n) is 2.82. The number of rotatable bonds is 6. The van der Waals surface area contributed by atoms with Crippen molar-refractivity contribution >= 4 is 5.91 Å². The van der Waals surface area contributed by atoms with E-state index >= 15 is 0 Å². The van der Waals surface area contributed by atoms with Crippen molar-refractivity contribution in [2.75, 3.05) is 13.7 Å². The Kier molecular flexibility index (Phi) is 4.98. The van der Waals surface area contributed by atoms with E-state index in [4.69, 9.17) is 9.47 Å². The summed E-state index contributed by atoms with van der Waals surface area (Å²) in [6.07, 6.45) is 3.32. The molecule has 1 N–H and O–H groups in total. The number of aromatic nitrogens is 3. The molecule has 1 amide bonds. The Bertz CT molecular complexity index is 714. The number of hydrogen-bond donors (Lipinski definition) is 1. The molecule has 0 fully saturated rings. The standard InChI is InChI=1S/C17H22N4O3/c1-3-6-21-11-19-20-16(21)9-18-17(22)13-7-12-8-14(23-2)4-5-15(12)24-10-13/h4-5,8,11,13H,3,6-7,9-10H2,1-2H3,(H,18,22)/t13-/m0/s1. The van der Waals surface area contributed by atoms with Gasteiger partial charge in [0.1, 0.15) is 24.4 Å². The summed E-state index contributed by atoms with van der Waals surface area (Å²) in [7, 11) is 1.63. The number of hydrogen-bond acceptors (Lipinski definition) is 5. The van der Waals surface area contributed by atoms with Gasteiger partial charge in [0.2, 0.25) is 5.91 Å². The van der Waals surface area contributed by atoms with Crippen LogP contribution in [0.2, 0.25) is 0 Å². The SMILES string of the molecule is CCCn1cnnc1CNC(=O)[C@@H]1COc2ccc(OC)cc2C1. The zero-order valence-corrected chi connectivity index (χ0v) is 14.0. The third-order valence-corrected chi connectivity index (χ3v) is 4.13. The molecule has 0 aliphatic carbocycles. The highest BCUT2D eigenvalue weighted by molar-refractivity contribution is 5.79. The van der Waals surface area contributed by atoms with Gasteiger partial charge >= 0.3 is 0 Å². The Balaban J connectivity index is 1.60. The molecule has 0 unspecified atom stereocenters. The normalized spacial score (nSPS) is 16.2. The molecule has 1 aliphatic rings. The summed E-state index contributed by atoms with van der Waals surface area (Å²) in [4.78, 5) is 12.4. The molecule has 2 heterocycles. The summed E-state index contributed by atoms with van der Waals surface area (Å²) in [5, 5.41) is 10.9. The van der Waals surface area contributed by atoms with Gasteiger partial charge in [-0.25, -0.2) is 0 Å². The predicted octanol–water partition coefficient (Wildman–Crippen LogP) is 1.56. The van der Waals surface area contributed by atoms with Gasteiger partial charge in [-0.15, -0.1) is 10.2 Å². The maximum Gasteiger partial charge on any atom is 0.227 e. The number of carbonyl (C=O) groups is 1. The number of amides is 1. The molecule has 7 nitrogen and oxygen atoms in total. The van der Waals surface area contributed by atoms with E-state index in [-0.39, 0.29) is 11.8 Å². The minimum atomic E-state index is -0.216. The summed E-state index contributed by atoms with van der Waals surface area (Å²) >= 11 is 0. The number of aryl methyl sites for hydroxylation is 1. The molecule has 3 rings (SSSR count). The summed E-state index contributed by atoms with van der Waals surface area (Å²) in [6.45, 7) is 3.69. The summed E-state index contributed by atoms with van der Waals surface area (Å²) in [5.41, 5.74) is 0.995. The van der Waals surface area contributed by atoms with E-state index in [1.54, 1.807) is 13.4 Å². The third kappa shape index (κ3) is 3.50. The lowest BCUT2D eigenvalue weighted by Gasteiger charge is -2.25. The van der Waals surface area contributed by atoms with Crippen LogP contribution in [0.15, 0.2) is 24.5 Å². The number of nitrogens with one attached hydrogen (secondary N) is 1. The molecule has 0 spiro atoms. The van der Waals surface area contributed by atoms with Crippen molar-refractivity contribution in [1.82, 2.24) is 20.1 Å². The molecular formula is C17H22N4O3. The van der Waals surface area contributed by atoms with Gasteiger partial charge in [-0.1, -0.05) is 6.92 Å². The maximum absolute atomic E-state index is 12.4. The second-order valence-corrected chi connectivity index (χ2v) is 5.84. The Morgan fingerprint density at radius 3 is 3.17 bits per heavy atom. The zero-order chi connectivity index (χ0) is 16.9. The Labute approximate surface area is 141 Å². The van der Waals surface area contributed by atoms with Crippen molar-refractivity contribution in [2.45, 2.75) is 32.9 Å². The molecule has 1 aliphatic heterocycles. The summed E-state index contributed by atoms with van der Waals surface area (Å²) in [5.74, 6) is 2.11. The minimum absolute atomic E-state index is 0.0329. The lowest BCUT2D eigenvalue weighted by Crippen LogP contribution is -2.37. The first-order valence-corrected chi connectivity index (χ1v) is 8.15. The van der Waals surface area contributed by atoms with Crippen molar-refractivity contribution in [3.63, 3.8) is 0 Å².